The number of aliphatic carboxylic acids is 2. The summed E-state index contributed by atoms with van der Waals surface area (Å²) in [5, 5.41) is 21.9. The Kier molecular flexibility index (Phi) is 10.1. The number of carbonyl (C=O) groups is 5. The van der Waals surface area contributed by atoms with Crippen LogP contribution in [0.5, 0.6) is 0 Å². The predicted molar refractivity (Wildman–Crippen MR) is 127 cm³/mol. The molecule has 0 bridgehead atoms. The van der Waals surface area contributed by atoms with E-state index >= 15 is 0 Å². The molecule has 2 saturated carbocycles. The molecule has 3 amide bonds. The van der Waals surface area contributed by atoms with Gasteiger partial charge in [0.25, 0.3) is 11.8 Å². The molecule has 0 aromatic heterocycles. The molecule has 0 aromatic carbocycles. The Morgan fingerprint density at radius 1 is 1.03 bits per heavy atom. The molecule has 4 aliphatic rings. The number of hydrazone groups is 1. The summed E-state index contributed by atoms with van der Waals surface area (Å²) in [6.07, 6.45) is 2.93. The number of carbonyl (C=O) groups excluding carboxylic acids is 3. The molecule has 1 saturated heterocycles. The Morgan fingerprint density at radius 2 is 1.50 bits per heavy atom. The fourth-order valence-corrected chi connectivity index (χ4v) is 4.34. The van der Waals surface area contributed by atoms with Crippen LogP contribution in [0, 0.1) is 10.8 Å². The summed E-state index contributed by atoms with van der Waals surface area (Å²) in [6.45, 7) is 4.10. The molecule has 0 spiro atoms. The minimum Gasteiger partial charge on any atom is -0.675 e. The number of nitrogens with zero attached hydrogens (tertiary/aromatic N) is 2. The summed E-state index contributed by atoms with van der Waals surface area (Å²) in [7, 11) is 0. The molecular formula is C23H31N5O9Pt. The van der Waals surface area contributed by atoms with Gasteiger partial charge in [-0.15, -0.1) is 13.1 Å². The standard InChI is InChI=1S/C16H17N3O7.C7H14N2O2.Pt/c20-10-1-2-11(21)19(10)6-5-15(3-4-15)12(22)18-17-9-7-16(8-9,13(23)24)14(25)26;1-7(2)10-5(3-8)6(4-9)11-7;/h1-2H,3-8H2,(H,18,22)(H,23,24)(H,25,26);5-6,8-9H,3-4H2,1-2H3;/q;-2;+2/t;5-,6-;/m.1./s1. The number of rotatable bonds is 9. The number of imide groups is 1. The normalized spacial score (nSPS) is 25.5. The second kappa shape index (κ2) is 12.1. The molecular weight excluding hydrogens is 685 g/mol. The van der Waals surface area contributed by atoms with Crippen molar-refractivity contribution in [1.82, 2.24) is 10.3 Å². The molecule has 15 heteroatoms. The van der Waals surface area contributed by atoms with E-state index in [-0.39, 0.29) is 71.7 Å². The average molecular weight is 717 g/mol. The molecule has 3 fully saturated rings. The van der Waals surface area contributed by atoms with Crippen molar-refractivity contribution in [3.05, 3.63) is 23.6 Å². The second-order valence-corrected chi connectivity index (χ2v) is 9.98. The van der Waals surface area contributed by atoms with E-state index in [9.17, 15) is 24.0 Å². The Labute approximate surface area is 233 Å². The van der Waals surface area contributed by atoms with Crippen LogP contribution >= 0.6 is 0 Å². The first-order chi connectivity index (χ1) is 17.3. The third-order valence-electron chi connectivity index (χ3n) is 6.88. The third kappa shape index (κ3) is 6.73. The maximum absolute atomic E-state index is 12.3. The molecule has 0 aromatic rings. The Bertz CT molecular complexity index is 984. The zero-order valence-corrected chi connectivity index (χ0v) is 23.2. The van der Waals surface area contributed by atoms with Crippen molar-refractivity contribution in [2.45, 2.75) is 63.9 Å². The van der Waals surface area contributed by atoms with E-state index in [1.807, 2.05) is 13.8 Å². The van der Waals surface area contributed by atoms with E-state index in [1.54, 1.807) is 0 Å². The van der Waals surface area contributed by atoms with Crippen molar-refractivity contribution in [2.24, 2.45) is 15.9 Å². The Morgan fingerprint density at radius 3 is 1.89 bits per heavy atom. The maximum atomic E-state index is 12.3. The van der Waals surface area contributed by atoms with Crippen LogP contribution in [-0.4, -0.2) is 88.1 Å². The van der Waals surface area contributed by atoms with Crippen LogP contribution in [0.2, 0.25) is 0 Å². The SMILES string of the molecule is CC1(C)O[C@H](C[NH-])[C@@H](C[NH-])O1.O=C1C=CC(=O)N1CCC1(C(=O)NN=C2CC(C(=O)O)(C(=O)O)C2)CC1.[Pt+2]. The summed E-state index contributed by atoms with van der Waals surface area (Å²) in [6, 6.07) is 0. The first-order valence-corrected chi connectivity index (χ1v) is 11.8. The van der Waals surface area contributed by atoms with Gasteiger partial charge in [0.15, 0.2) is 11.2 Å². The molecule has 2 aliphatic carbocycles. The number of hydrogen-bond donors (Lipinski definition) is 3. The summed E-state index contributed by atoms with van der Waals surface area (Å²) < 4.78 is 10.7. The van der Waals surface area contributed by atoms with Crippen molar-refractivity contribution >= 4 is 35.4 Å². The van der Waals surface area contributed by atoms with Crippen LogP contribution in [0.25, 0.3) is 11.5 Å². The molecule has 2 heterocycles. The van der Waals surface area contributed by atoms with Crippen molar-refractivity contribution in [1.29, 1.82) is 0 Å². The van der Waals surface area contributed by atoms with Crippen LogP contribution in [0.3, 0.4) is 0 Å². The van der Waals surface area contributed by atoms with E-state index < -0.39 is 40.4 Å². The van der Waals surface area contributed by atoms with Gasteiger partial charge in [-0.05, 0) is 33.1 Å². The fraction of sp³-hybridized carbons (Fsp3) is 0.652. The monoisotopic (exact) mass is 716 g/mol. The van der Waals surface area contributed by atoms with E-state index in [2.05, 4.69) is 10.5 Å². The number of carboxylic acids is 2. The van der Waals surface area contributed by atoms with Crippen molar-refractivity contribution < 1.29 is 64.7 Å². The molecule has 2 atom stereocenters. The molecule has 0 unspecified atom stereocenters. The molecule has 4 rings (SSSR count). The van der Waals surface area contributed by atoms with Crippen LogP contribution < -0.4 is 5.43 Å². The quantitative estimate of drug-likeness (QED) is 0.177. The Hall–Kier alpha value is -2.51. The van der Waals surface area contributed by atoms with E-state index in [4.69, 9.17) is 31.2 Å². The van der Waals surface area contributed by atoms with Gasteiger partial charge in [-0.25, -0.2) is 5.43 Å². The zero-order valence-electron chi connectivity index (χ0n) is 20.9. The second-order valence-electron chi connectivity index (χ2n) is 9.98. The summed E-state index contributed by atoms with van der Waals surface area (Å²) >= 11 is 0. The molecule has 2 aliphatic heterocycles. The van der Waals surface area contributed by atoms with Crippen LogP contribution in [-0.2, 0) is 54.5 Å². The number of amides is 3. The van der Waals surface area contributed by atoms with Crippen molar-refractivity contribution in [3.8, 4) is 0 Å². The minimum atomic E-state index is -1.87. The molecule has 0 radical (unpaired) electrons. The predicted octanol–water partition coefficient (Wildman–Crippen LogP) is 1.11. The zero-order chi connectivity index (χ0) is 27.6. The van der Waals surface area contributed by atoms with Gasteiger partial charge in [0, 0.05) is 37.3 Å². The minimum absolute atomic E-state index is 0. The van der Waals surface area contributed by atoms with Crippen LogP contribution in [0.1, 0.15) is 46.0 Å². The van der Waals surface area contributed by atoms with Gasteiger partial charge in [0.05, 0.1) is 17.6 Å². The van der Waals surface area contributed by atoms with E-state index in [1.165, 1.54) is 12.2 Å². The Balaban J connectivity index is 0.000000356. The van der Waals surface area contributed by atoms with Gasteiger partial charge in [0.2, 0.25) is 5.91 Å². The summed E-state index contributed by atoms with van der Waals surface area (Å²) in [5.74, 6) is -4.64. The largest absolute Gasteiger partial charge is 2.00 e. The molecule has 212 valence electrons. The first kappa shape index (κ1) is 31.7. The molecule has 38 heavy (non-hydrogen) atoms. The molecule has 14 nitrogen and oxygen atoms in total. The number of ether oxygens (including phenoxy) is 2. The fourth-order valence-electron chi connectivity index (χ4n) is 4.34. The smallest absolute Gasteiger partial charge is 0.675 e. The van der Waals surface area contributed by atoms with E-state index in [0.717, 1.165) is 4.90 Å². The maximum Gasteiger partial charge on any atom is 2.00 e. The number of hydrogen-bond acceptors (Lipinski definition) is 8. The van der Waals surface area contributed by atoms with E-state index in [0.29, 0.717) is 25.0 Å². The van der Waals surface area contributed by atoms with Gasteiger partial charge >= 0.3 is 33.0 Å². The third-order valence-corrected chi connectivity index (χ3v) is 6.88. The summed E-state index contributed by atoms with van der Waals surface area (Å²) in [4.78, 5) is 58.6. The van der Waals surface area contributed by atoms with Gasteiger partial charge in [0.1, 0.15) is 0 Å². The topological polar surface area (TPSA) is 219 Å². The van der Waals surface area contributed by atoms with Crippen molar-refractivity contribution in [3.63, 3.8) is 0 Å². The number of carboxylic acid groups (broad SMARTS) is 2. The van der Waals surface area contributed by atoms with Gasteiger partial charge in [-0.1, -0.05) is 0 Å². The van der Waals surface area contributed by atoms with Gasteiger partial charge in [-0.3, -0.25) is 28.9 Å². The van der Waals surface area contributed by atoms with Gasteiger partial charge in [-0.2, -0.15) is 5.10 Å². The summed E-state index contributed by atoms with van der Waals surface area (Å²) in [5.41, 5.74) is 14.3. The van der Waals surface area contributed by atoms with Crippen molar-refractivity contribution in [2.75, 3.05) is 19.6 Å². The molecule has 5 N–H and O–H groups in total. The number of nitrogens with one attached hydrogen (secondary N) is 3. The van der Waals surface area contributed by atoms with Gasteiger partial charge < -0.3 is 31.2 Å². The van der Waals surface area contributed by atoms with Crippen LogP contribution in [0.15, 0.2) is 17.3 Å². The average Bonchev–Trinajstić information content (AvgIpc) is 3.44. The first-order valence-electron chi connectivity index (χ1n) is 11.8. The van der Waals surface area contributed by atoms with Crippen LogP contribution in [0.4, 0.5) is 0 Å².